The van der Waals surface area contributed by atoms with Crippen molar-refractivity contribution < 1.29 is 14.4 Å². The van der Waals surface area contributed by atoms with Gasteiger partial charge >= 0.3 is 0 Å². The molecule has 0 saturated carbocycles. The second kappa shape index (κ2) is 8.04. The molecule has 2 N–H and O–H groups in total. The summed E-state index contributed by atoms with van der Waals surface area (Å²) >= 11 is 1.61. The number of nitrogens with zero attached hydrogens (tertiary/aromatic N) is 1. The highest BCUT2D eigenvalue weighted by Crippen LogP contribution is 2.56. The van der Waals surface area contributed by atoms with E-state index in [1.54, 1.807) is 22.7 Å². The van der Waals surface area contributed by atoms with Crippen molar-refractivity contribution in [3.8, 4) is 0 Å². The van der Waals surface area contributed by atoms with E-state index in [0.717, 1.165) is 5.56 Å². The minimum absolute atomic E-state index is 0.0619. The fourth-order valence-corrected chi connectivity index (χ4v) is 5.93. The van der Waals surface area contributed by atoms with Gasteiger partial charge in [0.25, 0.3) is 5.91 Å². The first-order valence-electron chi connectivity index (χ1n) is 10.5. The van der Waals surface area contributed by atoms with Crippen molar-refractivity contribution in [3.05, 3.63) is 71.3 Å². The van der Waals surface area contributed by atoms with Crippen molar-refractivity contribution in [1.29, 1.82) is 0 Å². The standard InChI is InChI=1S/C24H27N3O3S/c1-14(2)25-20(28)18(15-10-6-5-7-11-15)26-21(29)19-24(3,4)31-23-17-13-9-8-12-16(17)22(30)27(19)23/h5-14,18-19,23H,1-4H3,(H,25,28)(H,26,29)/t18-,19-,23+/m1/s1. The molecule has 2 aliphatic rings. The number of rotatable bonds is 5. The predicted octanol–water partition coefficient (Wildman–Crippen LogP) is 3.42. The number of carbonyl (C=O) groups excluding carboxylic acids is 3. The molecule has 0 spiro atoms. The zero-order valence-electron chi connectivity index (χ0n) is 18.1. The van der Waals surface area contributed by atoms with Crippen molar-refractivity contribution in [3.63, 3.8) is 0 Å². The maximum atomic E-state index is 13.6. The van der Waals surface area contributed by atoms with Gasteiger partial charge in [0.15, 0.2) is 0 Å². The first-order chi connectivity index (χ1) is 14.7. The molecule has 0 radical (unpaired) electrons. The van der Waals surface area contributed by atoms with Crippen LogP contribution in [0.2, 0.25) is 0 Å². The predicted molar refractivity (Wildman–Crippen MR) is 121 cm³/mol. The van der Waals surface area contributed by atoms with Gasteiger partial charge in [0, 0.05) is 16.4 Å². The molecule has 31 heavy (non-hydrogen) atoms. The van der Waals surface area contributed by atoms with E-state index in [1.165, 1.54) is 0 Å². The van der Waals surface area contributed by atoms with Crippen molar-refractivity contribution in [2.75, 3.05) is 0 Å². The molecule has 0 bridgehead atoms. The van der Waals surface area contributed by atoms with Gasteiger partial charge < -0.3 is 15.5 Å². The van der Waals surface area contributed by atoms with Crippen molar-refractivity contribution in [2.24, 2.45) is 0 Å². The molecule has 3 atom stereocenters. The van der Waals surface area contributed by atoms with Gasteiger partial charge in [-0.3, -0.25) is 14.4 Å². The molecule has 4 rings (SSSR count). The van der Waals surface area contributed by atoms with Gasteiger partial charge in [-0.25, -0.2) is 0 Å². The summed E-state index contributed by atoms with van der Waals surface area (Å²) in [6.07, 6.45) is 0. The minimum Gasteiger partial charge on any atom is -0.352 e. The van der Waals surface area contributed by atoms with Gasteiger partial charge in [-0.15, -0.1) is 11.8 Å². The Bertz CT molecular complexity index is 1020. The van der Waals surface area contributed by atoms with Crippen molar-refractivity contribution in [1.82, 2.24) is 15.5 Å². The fraction of sp³-hybridized carbons (Fsp3) is 0.375. The third-order valence-electron chi connectivity index (χ3n) is 5.66. The van der Waals surface area contributed by atoms with Crippen LogP contribution in [0.5, 0.6) is 0 Å². The number of thioether (sulfide) groups is 1. The fourth-order valence-electron chi connectivity index (χ4n) is 4.34. The summed E-state index contributed by atoms with van der Waals surface area (Å²) in [7, 11) is 0. The summed E-state index contributed by atoms with van der Waals surface area (Å²) < 4.78 is -0.506. The molecule has 0 aliphatic carbocycles. The molecule has 162 valence electrons. The molecule has 2 aliphatic heterocycles. The van der Waals surface area contributed by atoms with E-state index in [0.29, 0.717) is 11.1 Å². The lowest BCUT2D eigenvalue weighted by Gasteiger charge is -2.31. The highest BCUT2D eigenvalue weighted by molar-refractivity contribution is 8.01. The van der Waals surface area contributed by atoms with Gasteiger partial charge in [-0.1, -0.05) is 48.5 Å². The smallest absolute Gasteiger partial charge is 0.256 e. The second-order valence-electron chi connectivity index (χ2n) is 8.79. The van der Waals surface area contributed by atoms with Crippen LogP contribution in [0.3, 0.4) is 0 Å². The lowest BCUT2D eigenvalue weighted by Crippen LogP contribution is -2.54. The number of carbonyl (C=O) groups is 3. The first kappa shape index (κ1) is 21.4. The number of fused-ring (bicyclic) bond motifs is 3. The van der Waals surface area contributed by atoms with Gasteiger partial charge in [0.2, 0.25) is 11.8 Å². The monoisotopic (exact) mass is 437 g/mol. The van der Waals surface area contributed by atoms with Crippen LogP contribution in [0.15, 0.2) is 54.6 Å². The maximum Gasteiger partial charge on any atom is 0.256 e. The van der Waals surface area contributed by atoms with Gasteiger partial charge in [-0.2, -0.15) is 0 Å². The van der Waals surface area contributed by atoms with Crippen molar-refractivity contribution in [2.45, 2.75) is 55.9 Å². The third-order valence-corrected chi connectivity index (χ3v) is 7.19. The van der Waals surface area contributed by atoms with E-state index in [2.05, 4.69) is 10.6 Å². The van der Waals surface area contributed by atoms with Crippen LogP contribution in [0.4, 0.5) is 0 Å². The van der Waals surface area contributed by atoms with E-state index in [-0.39, 0.29) is 29.1 Å². The Morgan fingerprint density at radius 3 is 2.32 bits per heavy atom. The van der Waals surface area contributed by atoms with Crippen LogP contribution in [0.25, 0.3) is 0 Å². The average molecular weight is 438 g/mol. The molecule has 6 nitrogen and oxygen atoms in total. The van der Waals surface area contributed by atoms with Crippen molar-refractivity contribution >= 4 is 29.5 Å². The molecule has 0 aromatic heterocycles. The van der Waals surface area contributed by atoms with E-state index in [1.807, 2.05) is 76.2 Å². The summed E-state index contributed by atoms with van der Waals surface area (Å²) in [5, 5.41) is 5.63. The minimum atomic E-state index is -0.837. The van der Waals surface area contributed by atoms with Gasteiger partial charge in [-0.05, 0) is 44.9 Å². The zero-order chi connectivity index (χ0) is 22.3. The third kappa shape index (κ3) is 3.83. The molecular formula is C24H27N3O3S. The maximum absolute atomic E-state index is 13.6. The molecule has 1 fully saturated rings. The quantitative estimate of drug-likeness (QED) is 0.751. The molecule has 2 aromatic rings. The largest absolute Gasteiger partial charge is 0.352 e. The Hall–Kier alpha value is -2.80. The van der Waals surface area contributed by atoms with Gasteiger partial charge in [0.1, 0.15) is 17.5 Å². The second-order valence-corrected chi connectivity index (χ2v) is 10.5. The van der Waals surface area contributed by atoms with E-state index >= 15 is 0 Å². The molecule has 0 unspecified atom stereocenters. The van der Waals surface area contributed by atoms with Crippen LogP contribution >= 0.6 is 11.8 Å². The summed E-state index contributed by atoms with van der Waals surface area (Å²) in [5.41, 5.74) is 2.29. The zero-order valence-corrected chi connectivity index (χ0v) is 18.9. The van der Waals surface area contributed by atoms with E-state index in [9.17, 15) is 14.4 Å². The van der Waals surface area contributed by atoms with Crippen LogP contribution in [-0.4, -0.2) is 39.5 Å². The summed E-state index contributed by atoms with van der Waals surface area (Å²) in [4.78, 5) is 41.3. The van der Waals surface area contributed by atoms with Crippen LogP contribution in [0.1, 0.15) is 60.6 Å². The lowest BCUT2D eigenvalue weighted by molar-refractivity contribution is -0.132. The Kier molecular flexibility index (Phi) is 5.56. The van der Waals surface area contributed by atoms with E-state index < -0.39 is 16.8 Å². The highest BCUT2D eigenvalue weighted by atomic mass is 32.2. The Morgan fingerprint density at radius 2 is 1.65 bits per heavy atom. The number of hydrogen-bond acceptors (Lipinski definition) is 4. The van der Waals surface area contributed by atoms with Crippen LogP contribution in [0, 0.1) is 0 Å². The average Bonchev–Trinajstić information content (AvgIpc) is 3.15. The number of benzene rings is 2. The summed E-state index contributed by atoms with van der Waals surface area (Å²) in [6, 6.07) is 15.1. The Balaban J connectivity index is 1.64. The van der Waals surface area contributed by atoms with Crippen LogP contribution in [-0.2, 0) is 9.59 Å². The molecule has 7 heteroatoms. The Morgan fingerprint density at radius 1 is 1.00 bits per heavy atom. The molecule has 1 saturated heterocycles. The summed E-state index contributed by atoms with van der Waals surface area (Å²) in [6.45, 7) is 7.70. The molecule has 2 aromatic carbocycles. The normalized spacial score (nSPS) is 22.1. The van der Waals surface area contributed by atoms with Gasteiger partial charge in [0.05, 0.1) is 0 Å². The summed E-state index contributed by atoms with van der Waals surface area (Å²) in [5.74, 6) is -0.735. The molecule has 3 amide bonds. The lowest BCUT2D eigenvalue weighted by atomic mass is 9.99. The first-order valence-corrected chi connectivity index (χ1v) is 11.3. The van der Waals surface area contributed by atoms with E-state index in [4.69, 9.17) is 0 Å². The number of amides is 3. The SMILES string of the molecule is CC(C)NC(=O)[C@H](NC(=O)[C@H]1N2C(=O)c3ccccc3[C@@H]2SC1(C)C)c1ccccc1. The number of hydrogen-bond donors (Lipinski definition) is 2. The Labute approximate surface area is 186 Å². The molecule has 2 heterocycles. The molecular weight excluding hydrogens is 410 g/mol. The van der Waals surface area contributed by atoms with Crippen LogP contribution < -0.4 is 10.6 Å². The highest BCUT2D eigenvalue weighted by Gasteiger charge is 2.57. The number of nitrogens with one attached hydrogen (secondary N) is 2. The topological polar surface area (TPSA) is 78.5 Å².